The second kappa shape index (κ2) is 8.50. The van der Waals surface area contributed by atoms with Crippen molar-refractivity contribution < 1.29 is 14.4 Å². The molecular formula is C18H26N4O3. The van der Waals surface area contributed by atoms with Crippen molar-refractivity contribution in [2.75, 3.05) is 13.6 Å². The van der Waals surface area contributed by atoms with Gasteiger partial charge in [0.2, 0.25) is 11.8 Å². The predicted octanol–water partition coefficient (Wildman–Crippen LogP) is 1.22. The largest absolute Gasteiger partial charge is 0.357 e. The molecule has 2 atom stereocenters. The zero-order chi connectivity index (χ0) is 18.4. The molecule has 0 aliphatic carbocycles. The Balaban J connectivity index is 2.19. The Morgan fingerprint density at radius 2 is 2.00 bits per heavy atom. The minimum Gasteiger partial charge on any atom is -0.357 e. The second-order valence-electron chi connectivity index (χ2n) is 6.33. The van der Waals surface area contributed by atoms with Crippen LogP contribution in [0.2, 0.25) is 0 Å². The molecule has 7 nitrogen and oxygen atoms in total. The number of likely N-dealkylation sites (tertiary alicyclic amines) is 1. The average molecular weight is 346 g/mol. The van der Waals surface area contributed by atoms with E-state index in [0.717, 1.165) is 24.0 Å². The molecule has 7 heteroatoms. The molecule has 1 aliphatic rings. The van der Waals surface area contributed by atoms with E-state index in [9.17, 15) is 14.4 Å². The van der Waals surface area contributed by atoms with Crippen LogP contribution in [0.1, 0.15) is 42.9 Å². The van der Waals surface area contributed by atoms with E-state index >= 15 is 0 Å². The van der Waals surface area contributed by atoms with Gasteiger partial charge >= 0.3 is 6.03 Å². The first kappa shape index (κ1) is 18.8. The fourth-order valence-electron chi connectivity index (χ4n) is 3.35. The highest BCUT2D eigenvalue weighted by atomic mass is 16.2. The van der Waals surface area contributed by atoms with Gasteiger partial charge in [-0.05, 0) is 37.3 Å². The van der Waals surface area contributed by atoms with E-state index in [4.69, 9.17) is 5.73 Å². The third-order valence-corrected chi connectivity index (χ3v) is 4.63. The summed E-state index contributed by atoms with van der Waals surface area (Å²) in [6.45, 7) is 2.47. The molecule has 4 N–H and O–H groups in total. The molecule has 0 unspecified atom stereocenters. The van der Waals surface area contributed by atoms with Crippen molar-refractivity contribution in [1.82, 2.24) is 15.5 Å². The van der Waals surface area contributed by atoms with Gasteiger partial charge in [0, 0.05) is 13.6 Å². The molecule has 25 heavy (non-hydrogen) atoms. The molecule has 0 saturated carbocycles. The Hall–Kier alpha value is -2.57. The van der Waals surface area contributed by atoms with Crippen LogP contribution >= 0.6 is 0 Å². The molecule has 1 aromatic carbocycles. The summed E-state index contributed by atoms with van der Waals surface area (Å²) < 4.78 is 0. The van der Waals surface area contributed by atoms with Gasteiger partial charge in [0.1, 0.15) is 6.04 Å². The number of benzene rings is 1. The number of hydrogen-bond acceptors (Lipinski definition) is 3. The summed E-state index contributed by atoms with van der Waals surface area (Å²) in [5, 5.41) is 5.28. The summed E-state index contributed by atoms with van der Waals surface area (Å²) in [5.41, 5.74) is 7.11. The van der Waals surface area contributed by atoms with Gasteiger partial charge in [-0.1, -0.05) is 24.3 Å². The topological polar surface area (TPSA) is 105 Å². The summed E-state index contributed by atoms with van der Waals surface area (Å²) in [6, 6.07) is 5.91. The molecule has 1 fully saturated rings. The number of urea groups is 1. The van der Waals surface area contributed by atoms with E-state index in [-0.39, 0.29) is 18.2 Å². The molecule has 0 bridgehead atoms. The van der Waals surface area contributed by atoms with Gasteiger partial charge in [0.05, 0.1) is 12.5 Å². The van der Waals surface area contributed by atoms with Gasteiger partial charge in [-0.15, -0.1) is 0 Å². The average Bonchev–Trinajstić information content (AvgIpc) is 2.60. The maximum atomic E-state index is 12.9. The highest BCUT2D eigenvalue weighted by Gasteiger charge is 2.33. The summed E-state index contributed by atoms with van der Waals surface area (Å²) in [6.07, 6.45) is 2.52. The van der Waals surface area contributed by atoms with Crippen LogP contribution in [0.15, 0.2) is 24.3 Å². The molecule has 1 aromatic rings. The molecule has 0 aromatic heterocycles. The van der Waals surface area contributed by atoms with Crippen molar-refractivity contribution in [1.29, 1.82) is 0 Å². The van der Waals surface area contributed by atoms with Crippen LogP contribution in [0.4, 0.5) is 4.79 Å². The lowest BCUT2D eigenvalue weighted by Crippen LogP contribution is -2.52. The Kier molecular flexibility index (Phi) is 6.38. The summed E-state index contributed by atoms with van der Waals surface area (Å²) in [7, 11) is 1.57. The van der Waals surface area contributed by atoms with Crippen molar-refractivity contribution in [2.45, 2.75) is 44.7 Å². The molecule has 1 saturated heterocycles. The first-order valence-corrected chi connectivity index (χ1v) is 8.56. The molecule has 1 aliphatic heterocycles. The Labute approximate surface area is 147 Å². The quantitative estimate of drug-likeness (QED) is 0.746. The standard InChI is InChI=1S/C18H26N4O3/c1-12-7-3-4-8-13(12)14(21-18(19)25)11-16(23)22-10-6-5-9-15(22)17(24)20-2/h3-4,7-8,14-15H,5-6,9-11H2,1-2H3,(H,20,24)(H3,19,21,25)/t14-,15+/m1/s1. The van der Waals surface area contributed by atoms with Crippen molar-refractivity contribution in [2.24, 2.45) is 5.73 Å². The fraction of sp³-hybridized carbons (Fsp3) is 0.500. The minimum absolute atomic E-state index is 0.0707. The first-order valence-electron chi connectivity index (χ1n) is 8.56. The third-order valence-electron chi connectivity index (χ3n) is 4.63. The van der Waals surface area contributed by atoms with Crippen LogP contribution in [0.5, 0.6) is 0 Å². The SMILES string of the molecule is CNC(=O)[C@@H]1CCCCN1C(=O)C[C@@H](NC(N)=O)c1ccccc1C. The number of carbonyl (C=O) groups excluding carboxylic acids is 3. The zero-order valence-corrected chi connectivity index (χ0v) is 14.7. The molecule has 2 rings (SSSR count). The highest BCUT2D eigenvalue weighted by Crippen LogP contribution is 2.24. The van der Waals surface area contributed by atoms with Gasteiger partial charge in [-0.3, -0.25) is 9.59 Å². The van der Waals surface area contributed by atoms with Gasteiger partial charge in [-0.25, -0.2) is 4.79 Å². The van der Waals surface area contributed by atoms with Gasteiger partial charge in [-0.2, -0.15) is 0 Å². The van der Waals surface area contributed by atoms with Crippen LogP contribution in [-0.4, -0.2) is 42.4 Å². The number of hydrogen-bond donors (Lipinski definition) is 3. The number of primary amides is 1. The Morgan fingerprint density at radius 1 is 1.28 bits per heavy atom. The monoisotopic (exact) mass is 346 g/mol. The predicted molar refractivity (Wildman–Crippen MR) is 94.7 cm³/mol. The van der Waals surface area contributed by atoms with Gasteiger partial charge < -0.3 is 21.3 Å². The van der Waals surface area contributed by atoms with Crippen molar-refractivity contribution in [3.05, 3.63) is 35.4 Å². The third kappa shape index (κ3) is 4.71. The lowest BCUT2D eigenvalue weighted by atomic mass is 9.96. The number of amides is 4. The molecule has 4 amide bonds. The second-order valence-corrected chi connectivity index (χ2v) is 6.33. The fourth-order valence-corrected chi connectivity index (χ4v) is 3.35. The van der Waals surface area contributed by atoms with Gasteiger partial charge in [0.25, 0.3) is 0 Å². The summed E-state index contributed by atoms with van der Waals surface area (Å²) in [4.78, 5) is 37.9. The van der Waals surface area contributed by atoms with Crippen LogP contribution in [0.3, 0.4) is 0 Å². The minimum atomic E-state index is -0.678. The van der Waals surface area contributed by atoms with Gasteiger partial charge in [0.15, 0.2) is 0 Å². The Morgan fingerprint density at radius 3 is 2.64 bits per heavy atom. The van der Waals surface area contributed by atoms with E-state index in [1.54, 1.807) is 11.9 Å². The van der Waals surface area contributed by atoms with Crippen molar-refractivity contribution in [3.63, 3.8) is 0 Å². The molecule has 0 radical (unpaired) electrons. The summed E-state index contributed by atoms with van der Waals surface area (Å²) >= 11 is 0. The number of carbonyl (C=O) groups is 3. The van der Waals surface area contributed by atoms with Crippen LogP contribution in [0, 0.1) is 6.92 Å². The number of rotatable bonds is 5. The maximum Gasteiger partial charge on any atom is 0.312 e. The highest BCUT2D eigenvalue weighted by molar-refractivity contribution is 5.88. The number of likely N-dealkylation sites (N-methyl/N-ethyl adjacent to an activating group) is 1. The lowest BCUT2D eigenvalue weighted by Gasteiger charge is -2.35. The number of nitrogens with two attached hydrogens (primary N) is 1. The number of nitrogens with one attached hydrogen (secondary N) is 2. The van der Waals surface area contributed by atoms with E-state index < -0.39 is 18.1 Å². The molecule has 0 spiro atoms. The van der Waals surface area contributed by atoms with E-state index in [1.165, 1.54) is 0 Å². The normalized spacial score (nSPS) is 18.3. The van der Waals surface area contributed by atoms with Crippen molar-refractivity contribution in [3.8, 4) is 0 Å². The summed E-state index contributed by atoms with van der Waals surface area (Å²) in [5.74, 6) is -0.307. The number of nitrogens with zero attached hydrogens (tertiary/aromatic N) is 1. The molecule has 136 valence electrons. The number of piperidine rings is 1. The van der Waals surface area contributed by atoms with Crippen LogP contribution in [-0.2, 0) is 9.59 Å². The van der Waals surface area contributed by atoms with Crippen LogP contribution < -0.4 is 16.4 Å². The lowest BCUT2D eigenvalue weighted by molar-refractivity contribution is -0.142. The van der Waals surface area contributed by atoms with E-state index in [2.05, 4.69) is 10.6 Å². The smallest absolute Gasteiger partial charge is 0.312 e. The zero-order valence-electron chi connectivity index (χ0n) is 14.7. The van der Waals surface area contributed by atoms with Crippen LogP contribution in [0.25, 0.3) is 0 Å². The van der Waals surface area contributed by atoms with E-state index in [0.29, 0.717) is 13.0 Å². The van der Waals surface area contributed by atoms with E-state index in [1.807, 2.05) is 31.2 Å². The first-order chi connectivity index (χ1) is 11.9. The Bertz CT molecular complexity index is 647. The van der Waals surface area contributed by atoms with Crippen molar-refractivity contribution >= 4 is 17.8 Å². The molecule has 1 heterocycles. The maximum absolute atomic E-state index is 12.9. The number of aryl methyl sites for hydroxylation is 1. The molecular weight excluding hydrogens is 320 g/mol.